The molecule has 20 heavy (non-hydrogen) atoms. The van der Waals surface area contributed by atoms with Crippen LogP contribution in [0.2, 0.25) is 0 Å². The zero-order chi connectivity index (χ0) is 14.1. The molecule has 1 aromatic carbocycles. The number of anilines is 1. The minimum absolute atomic E-state index is 0.488. The quantitative estimate of drug-likeness (QED) is 0.673. The monoisotopic (exact) mass is 394 g/mol. The number of nitrogens with two attached hydrogens (primary N) is 1. The second-order valence-electron chi connectivity index (χ2n) is 4.26. The van der Waals surface area contributed by atoms with Crippen molar-refractivity contribution >= 4 is 39.7 Å². The molecule has 0 aliphatic carbocycles. The van der Waals surface area contributed by atoms with E-state index in [9.17, 15) is 0 Å². The van der Waals surface area contributed by atoms with Crippen molar-refractivity contribution in [2.24, 2.45) is 0 Å². The van der Waals surface area contributed by atoms with Crippen LogP contribution in [0, 0.1) is 10.5 Å². The molecule has 0 aliphatic rings. The lowest BCUT2D eigenvalue weighted by atomic mass is 10.1. The first kappa shape index (κ1) is 13.4. The maximum atomic E-state index is 6.02. The van der Waals surface area contributed by atoms with Gasteiger partial charge in [0.15, 0.2) is 10.8 Å². The Morgan fingerprint density at radius 2 is 1.85 bits per heavy atom. The predicted molar refractivity (Wildman–Crippen MR) is 90.4 cm³/mol. The second kappa shape index (κ2) is 5.45. The van der Waals surface area contributed by atoms with Gasteiger partial charge in [-0.05, 0) is 29.5 Å². The second-order valence-corrected chi connectivity index (χ2v) is 6.19. The summed E-state index contributed by atoms with van der Waals surface area (Å²) in [5, 5.41) is 2.78. The van der Waals surface area contributed by atoms with Crippen molar-refractivity contribution in [2.75, 3.05) is 5.73 Å². The average molecular weight is 394 g/mol. The molecule has 0 aliphatic heterocycles. The lowest BCUT2D eigenvalue weighted by molar-refractivity contribution is 1.14. The number of aryl methyl sites for hydroxylation is 1. The van der Waals surface area contributed by atoms with Crippen LogP contribution in [0.5, 0.6) is 0 Å². The van der Waals surface area contributed by atoms with Gasteiger partial charge in [0.2, 0.25) is 0 Å². The Labute approximate surface area is 134 Å². The molecule has 0 bridgehead atoms. The Balaban J connectivity index is 2.18. The van der Waals surface area contributed by atoms with Crippen molar-refractivity contribution in [1.29, 1.82) is 0 Å². The van der Waals surface area contributed by atoms with Gasteiger partial charge in [-0.1, -0.05) is 30.3 Å². The Kier molecular flexibility index (Phi) is 3.66. The van der Waals surface area contributed by atoms with E-state index in [1.54, 1.807) is 0 Å². The zero-order valence-corrected chi connectivity index (χ0v) is 13.6. The minimum atomic E-state index is 0.488. The number of rotatable bonds is 2. The summed E-state index contributed by atoms with van der Waals surface area (Å²) in [7, 11) is 0. The molecule has 0 saturated heterocycles. The number of benzene rings is 1. The van der Waals surface area contributed by atoms with Crippen LogP contribution in [0.3, 0.4) is 0 Å². The molecule has 0 atom stereocenters. The summed E-state index contributed by atoms with van der Waals surface area (Å²) in [5.41, 5.74) is 8.86. The summed E-state index contributed by atoms with van der Waals surface area (Å²) in [6.07, 6.45) is 0. The number of nitrogen functional groups attached to an aromatic ring is 1. The van der Waals surface area contributed by atoms with Gasteiger partial charge < -0.3 is 5.73 Å². The van der Waals surface area contributed by atoms with Gasteiger partial charge in [0, 0.05) is 16.6 Å². The maximum Gasteiger partial charge on any atom is 0.191 e. The number of hydrogen-bond acceptors (Lipinski definition) is 5. The third kappa shape index (κ3) is 2.53. The Morgan fingerprint density at radius 3 is 2.50 bits per heavy atom. The van der Waals surface area contributed by atoms with E-state index in [0.29, 0.717) is 11.6 Å². The third-order valence-electron chi connectivity index (χ3n) is 2.73. The van der Waals surface area contributed by atoms with Crippen LogP contribution in [-0.4, -0.2) is 15.0 Å². The van der Waals surface area contributed by atoms with E-state index in [1.165, 1.54) is 11.3 Å². The zero-order valence-electron chi connectivity index (χ0n) is 10.7. The van der Waals surface area contributed by atoms with Crippen LogP contribution in [0.1, 0.15) is 5.69 Å². The highest BCUT2D eigenvalue weighted by molar-refractivity contribution is 14.1. The molecule has 6 heteroatoms. The van der Waals surface area contributed by atoms with Gasteiger partial charge in [-0.25, -0.2) is 15.0 Å². The molecule has 0 saturated carbocycles. The summed E-state index contributed by atoms with van der Waals surface area (Å²) in [4.78, 5) is 13.4. The molecule has 0 amide bonds. The van der Waals surface area contributed by atoms with Crippen LogP contribution >= 0.6 is 33.9 Å². The lowest BCUT2D eigenvalue weighted by Crippen LogP contribution is -2.02. The van der Waals surface area contributed by atoms with Crippen molar-refractivity contribution < 1.29 is 0 Å². The van der Waals surface area contributed by atoms with Crippen LogP contribution in [0.15, 0.2) is 35.7 Å². The van der Waals surface area contributed by atoms with Gasteiger partial charge in [-0.3, -0.25) is 0 Å². The number of nitrogens with zero attached hydrogens (tertiary/aromatic N) is 3. The predicted octanol–water partition coefficient (Wildman–Crippen LogP) is 3.76. The number of halogens is 1. The molecule has 0 unspecified atom stereocenters. The topological polar surface area (TPSA) is 64.7 Å². The molecule has 3 aromatic rings. The summed E-state index contributed by atoms with van der Waals surface area (Å²) in [6.45, 7) is 1.95. The summed E-state index contributed by atoms with van der Waals surface area (Å²) < 4.78 is 0.867. The Hall–Kier alpha value is -1.54. The normalized spacial score (nSPS) is 10.7. The molecule has 0 spiro atoms. The van der Waals surface area contributed by atoms with Gasteiger partial charge >= 0.3 is 0 Å². The van der Waals surface area contributed by atoms with Crippen molar-refractivity contribution in [3.05, 3.63) is 45.0 Å². The Bertz CT molecular complexity index is 755. The third-order valence-corrected chi connectivity index (χ3v) is 4.75. The average Bonchev–Trinajstić information content (AvgIpc) is 2.89. The first-order chi connectivity index (χ1) is 9.65. The molecule has 0 fully saturated rings. The highest BCUT2D eigenvalue weighted by Gasteiger charge is 2.14. The van der Waals surface area contributed by atoms with Crippen LogP contribution < -0.4 is 5.73 Å². The minimum Gasteiger partial charge on any atom is -0.383 e. The standard InChI is InChI=1S/C14H11IN4S/c1-8-7-20-14(17-8)13-18-11(10(15)12(16)19-13)9-5-3-2-4-6-9/h2-7H,1H3,(H2,16,18,19). The largest absolute Gasteiger partial charge is 0.383 e. The van der Waals surface area contributed by atoms with Crippen LogP contribution in [0.4, 0.5) is 5.82 Å². The fraction of sp³-hybridized carbons (Fsp3) is 0.0714. The first-order valence-corrected chi connectivity index (χ1v) is 7.92. The fourth-order valence-corrected chi connectivity index (χ4v) is 3.08. The molecule has 4 nitrogen and oxygen atoms in total. The molecule has 2 aromatic heterocycles. The van der Waals surface area contributed by atoms with Crippen molar-refractivity contribution in [1.82, 2.24) is 15.0 Å². The molecule has 2 heterocycles. The summed E-state index contributed by atoms with van der Waals surface area (Å²) in [5.74, 6) is 1.07. The van der Waals surface area contributed by atoms with Gasteiger partial charge in [-0.15, -0.1) is 11.3 Å². The molecule has 0 radical (unpaired) electrons. The van der Waals surface area contributed by atoms with E-state index in [1.807, 2.05) is 42.6 Å². The van der Waals surface area contributed by atoms with E-state index in [2.05, 4.69) is 37.5 Å². The van der Waals surface area contributed by atoms with Crippen molar-refractivity contribution in [3.63, 3.8) is 0 Å². The van der Waals surface area contributed by atoms with Crippen LogP contribution in [-0.2, 0) is 0 Å². The van der Waals surface area contributed by atoms with E-state index >= 15 is 0 Å². The van der Waals surface area contributed by atoms with Crippen molar-refractivity contribution in [3.8, 4) is 22.1 Å². The van der Waals surface area contributed by atoms with E-state index < -0.39 is 0 Å². The highest BCUT2D eigenvalue weighted by Crippen LogP contribution is 2.30. The maximum absolute atomic E-state index is 6.02. The van der Waals surface area contributed by atoms with E-state index in [0.717, 1.165) is 25.5 Å². The molecule has 3 rings (SSSR count). The van der Waals surface area contributed by atoms with Crippen molar-refractivity contribution in [2.45, 2.75) is 6.92 Å². The van der Waals surface area contributed by atoms with Gasteiger partial charge in [-0.2, -0.15) is 0 Å². The summed E-state index contributed by atoms with van der Waals surface area (Å²) >= 11 is 3.71. The SMILES string of the molecule is Cc1csc(-c2nc(N)c(I)c(-c3ccccc3)n2)n1. The van der Waals surface area contributed by atoms with Crippen LogP contribution in [0.25, 0.3) is 22.1 Å². The van der Waals surface area contributed by atoms with E-state index in [-0.39, 0.29) is 0 Å². The first-order valence-electron chi connectivity index (χ1n) is 5.96. The molecule has 100 valence electrons. The van der Waals surface area contributed by atoms with Gasteiger partial charge in [0.05, 0.1) is 9.26 Å². The summed E-state index contributed by atoms with van der Waals surface area (Å²) in [6, 6.07) is 9.97. The van der Waals surface area contributed by atoms with Gasteiger partial charge in [0.1, 0.15) is 5.82 Å². The number of aromatic nitrogens is 3. The number of hydrogen-bond donors (Lipinski definition) is 1. The van der Waals surface area contributed by atoms with Gasteiger partial charge in [0.25, 0.3) is 0 Å². The molecular weight excluding hydrogens is 383 g/mol. The Morgan fingerprint density at radius 1 is 1.10 bits per heavy atom. The molecule has 2 N–H and O–H groups in total. The lowest BCUT2D eigenvalue weighted by Gasteiger charge is -2.07. The molecular formula is C14H11IN4S. The highest BCUT2D eigenvalue weighted by atomic mass is 127. The van der Waals surface area contributed by atoms with E-state index in [4.69, 9.17) is 5.73 Å². The number of thiazole rings is 1. The fourth-order valence-electron chi connectivity index (χ4n) is 1.80. The smallest absolute Gasteiger partial charge is 0.191 e.